The Hall–Kier alpha value is 0.254. The van der Waals surface area contributed by atoms with E-state index in [1.807, 2.05) is 7.76 Å². The summed E-state index contributed by atoms with van der Waals surface area (Å²) in [6.45, 7) is 14.3. The molecule has 0 saturated carbocycles. The van der Waals surface area contributed by atoms with Gasteiger partial charge in [-0.3, -0.25) is 0 Å². The molecule has 0 aromatic rings. The largest absolute Gasteiger partial charge is 1.00 e. The van der Waals surface area contributed by atoms with Crippen molar-refractivity contribution in [2.24, 2.45) is 11.8 Å². The van der Waals surface area contributed by atoms with E-state index in [2.05, 4.69) is 53.7 Å². The van der Waals surface area contributed by atoms with Crippen LogP contribution < -0.4 is 24.8 Å². The third-order valence-electron chi connectivity index (χ3n) is 5.75. The summed E-state index contributed by atoms with van der Waals surface area (Å²) in [5.41, 5.74) is 6.44. The molecule has 0 radical (unpaired) electrons. The Labute approximate surface area is 146 Å². The first-order valence-electron chi connectivity index (χ1n) is 7.67. The van der Waals surface area contributed by atoms with Crippen LogP contribution in [0.15, 0.2) is 42.2 Å². The van der Waals surface area contributed by atoms with Crippen molar-refractivity contribution in [3.8, 4) is 0 Å². The quantitative estimate of drug-likeness (QED) is 0.595. The Morgan fingerprint density at radius 2 is 1.10 bits per heavy atom. The molecule has 2 aliphatic carbocycles. The molecule has 0 aromatic heterocycles. The van der Waals surface area contributed by atoms with Gasteiger partial charge in [0.2, 0.25) is 0 Å². The van der Waals surface area contributed by atoms with Gasteiger partial charge in [-0.1, -0.05) is 0 Å². The van der Waals surface area contributed by atoms with E-state index in [9.17, 15) is 0 Å². The summed E-state index contributed by atoms with van der Waals surface area (Å²) in [5.74, 6) is 1.46. The van der Waals surface area contributed by atoms with Crippen LogP contribution in [-0.4, -0.2) is 0 Å². The number of rotatable bonds is 2. The molecule has 3 rings (SSSR count). The van der Waals surface area contributed by atoms with Crippen LogP contribution in [0, 0.1) is 11.8 Å². The number of halogens is 2. The Balaban J connectivity index is 0.00000110. The Morgan fingerprint density at radius 1 is 0.762 bits per heavy atom. The summed E-state index contributed by atoms with van der Waals surface area (Å²) in [7, 11) is 0. The molecule has 3 aliphatic rings. The van der Waals surface area contributed by atoms with Crippen LogP contribution in [-0.2, 0) is 16.6 Å². The van der Waals surface area contributed by atoms with Gasteiger partial charge in [0.25, 0.3) is 0 Å². The smallest absolute Gasteiger partial charge is 1.00 e. The summed E-state index contributed by atoms with van der Waals surface area (Å²) in [6, 6.07) is 0. The fourth-order valence-corrected chi connectivity index (χ4v) is 14.6. The van der Waals surface area contributed by atoms with Gasteiger partial charge < -0.3 is 24.8 Å². The molecular weight excluding hydrogens is 335 g/mol. The minimum Gasteiger partial charge on any atom is -1.00 e. The second-order valence-electron chi connectivity index (χ2n) is 7.00. The third kappa shape index (κ3) is 2.78. The SMILES string of the molecule is CC1=CC(C)=[C]([Ti+2]2([C]3=C(C)C=C(C)C3C)[CH2][CH2]2)C1C.[Cl-].[Cl-]. The van der Waals surface area contributed by atoms with Crippen molar-refractivity contribution in [1.82, 2.24) is 0 Å². The predicted octanol–water partition coefficient (Wildman–Crippen LogP) is -0.261. The molecule has 0 bridgehead atoms. The molecule has 1 heterocycles. The molecular formula is C18H26Cl2Ti. The monoisotopic (exact) mass is 360 g/mol. The zero-order valence-electron chi connectivity index (χ0n) is 14.0. The van der Waals surface area contributed by atoms with Gasteiger partial charge in [-0.05, 0) is 0 Å². The first-order valence-corrected chi connectivity index (χ1v) is 11.4. The van der Waals surface area contributed by atoms with Crippen LogP contribution in [0.25, 0.3) is 0 Å². The second kappa shape index (κ2) is 6.40. The summed E-state index contributed by atoms with van der Waals surface area (Å²) >= 11 is -1.86. The maximum absolute atomic E-state index is 2.46. The first kappa shape index (κ1) is 19.3. The van der Waals surface area contributed by atoms with E-state index in [1.165, 1.54) is 0 Å². The van der Waals surface area contributed by atoms with Crippen LogP contribution in [0.2, 0.25) is 9.45 Å². The maximum atomic E-state index is 2.46. The average molecular weight is 361 g/mol. The van der Waals surface area contributed by atoms with Gasteiger partial charge in [0.1, 0.15) is 0 Å². The summed E-state index contributed by atoms with van der Waals surface area (Å²) < 4.78 is 6.94. The second-order valence-corrected chi connectivity index (χ2v) is 13.6. The topological polar surface area (TPSA) is 0 Å². The van der Waals surface area contributed by atoms with Crippen LogP contribution in [0.1, 0.15) is 41.5 Å². The number of hydrogen-bond donors (Lipinski definition) is 0. The van der Waals surface area contributed by atoms with Gasteiger partial charge in [-0.2, -0.15) is 0 Å². The van der Waals surface area contributed by atoms with Gasteiger partial charge in [0, 0.05) is 0 Å². The number of hydrogen-bond acceptors (Lipinski definition) is 0. The minimum absolute atomic E-state index is 0. The molecule has 116 valence electrons. The molecule has 21 heavy (non-hydrogen) atoms. The van der Waals surface area contributed by atoms with E-state index < -0.39 is 16.6 Å². The predicted molar refractivity (Wildman–Crippen MR) is 80.9 cm³/mol. The number of allylic oxidation sites excluding steroid dienone is 8. The molecule has 0 amide bonds. The molecule has 2 atom stereocenters. The Bertz CT molecular complexity index is 526. The standard InChI is InChI=1S/2C8H11.C2H4.2ClH.Ti/c2*1-6-4-7(2)8(3)5-6;1-2;;;/h2*4,8H,1-3H3;1-2H2;2*1H;/q;;;;;+2/p-2. The molecule has 0 aromatic carbocycles. The fraction of sp³-hybridized carbons (Fsp3) is 0.556. The van der Waals surface area contributed by atoms with Crippen molar-refractivity contribution in [2.45, 2.75) is 51.0 Å². The van der Waals surface area contributed by atoms with Crippen LogP contribution in [0.5, 0.6) is 0 Å². The minimum atomic E-state index is -1.86. The van der Waals surface area contributed by atoms with Crippen molar-refractivity contribution in [1.29, 1.82) is 0 Å². The molecule has 3 heteroatoms. The van der Waals surface area contributed by atoms with Crippen LogP contribution in [0.3, 0.4) is 0 Å². The summed E-state index contributed by atoms with van der Waals surface area (Å²) in [5, 5.41) is 0. The average Bonchev–Trinajstić information content (AvgIpc) is 2.98. The van der Waals surface area contributed by atoms with E-state index >= 15 is 0 Å². The van der Waals surface area contributed by atoms with Crippen molar-refractivity contribution in [3.05, 3.63) is 42.2 Å². The van der Waals surface area contributed by atoms with E-state index in [-0.39, 0.29) is 24.8 Å². The first-order chi connectivity index (χ1) is 8.88. The van der Waals surface area contributed by atoms with Gasteiger partial charge in [0.05, 0.1) is 0 Å². The van der Waals surface area contributed by atoms with Crippen molar-refractivity contribution in [2.75, 3.05) is 0 Å². The van der Waals surface area contributed by atoms with Gasteiger partial charge in [-0.15, -0.1) is 0 Å². The molecule has 0 spiro atoms. The molecule has 1 fully saturated rings. The Kier molecular flexibility index (Phi) is 5.88. The molecule has 1 aliphatic heterocycles. The fourth-order valence-electron chi connectivity index (χ4n) is 4.62. The van der Waals surface area contributed by atoms with Gasteiger partial charge in [0.15, 0.2) is 0 Å². The van der Waals surface area contributed by atoms with Crippen molar-refractivity contribution < 1.29 is 41.4 Å². The van der Waals surface area contributed by atoms with E-state index in [4.69, 9.17) is 0 Å². The van der Waals surface area contributed by atoms with Crippen molar-refractivity contribution >= 4 is 0 Å². The third-order valence-corrected chi connectivity index (χ3v) is 13.9. The van der Waals surface area contributed by atoms with Crippen molar-refractivity contribution in [3.63, 3.8) is 0 Å². The normalized spacial score (nSPS) is 28.3. The van der Waals surface area contributed by atoms with E-state index in [0.717, 1.165) is 11.8 Å². The zero-order chi connectivity index (χ0) is 13.9. The molecule has 1 saturated heterocycles. The summed E-state index contributed by atoms with van der Waals surface area (Å²) in [4.78, 5) is 0. The van der Waals surface area contributed by atoms with E-state index in [1.54, 1.807) is 31.7 Å². The van der Waals surface area contributed by atoms with E-state index in [0.29, 0.717) is 0 Å². The van der Waals surface area contributed by atoms with Gasteiger partial charge in [-0.25, -0.2) is 0 Å². The maximum Gasteiger partial charge on any atom is -1.00 e. The van der Waals surface area contributed by atoms with Crippen LogP contribution in [0.4, 0.5) is 0 Å². The molecule has 0 N–H and O–H groups in total. The Morgan fingerprint density at radius 3 is 1.29 bits per heavy atom. The van der Waals surface area contributed by atoms with Gasteiger partial charge >= 0.3 is 122 Å². The molecule has 0 nitrogen and oxygen atoms in total. The van der Waals surface area contributed by atoms with Crippen LogP contribution >= 0.6 is 0 Å². The summed E-state index contributed by atoms with van der Waals surface area (Å²) in [6.07, 6.45) is 4.92. The zero-order valence-corrected chi connectivity index (χ0v) is 17.1. The molecule has 2 unspecified atom stereocenters.